The number of aromatic amines is 1. The summed E-state index contributed by atoms with van der Waals surface area (Å²) in [5, 5.41) is 0. The lowest BCUT2D eigenvalue weighted by atomic mass is 9.94. The van der Waals surface area contributed by atoms with Crippen molar-refractivity contribution in [2.75, 3.05) is 4.90 Å². The standard InChI is InChI=1S/C15H14N2O2/c1-10-9-11-5-2-3-6-12(11)15(19)17(10)13-7-4-8-16-14(13)18/h2-8,10H,9H2,1H3,(H,16,18). The fraction of sp³-hybridized carbons (Fsp3) is 0.200. The van der Waals surface area contributed by atoms with Gasteiger partial charge in [-0.1, -0.05) is 18.2 Å². The number of nitrogens with zero attached hydrogens (tertiary/aromatic N) is 1. The van der Waals surface area contributed by atoms with E-state index in [9.17, 15) is 9.59 Å². The second kappa shape index (κ2) is 4.39. The van der Waals surface area contributed by atoms with Gasteiger partial charge in [-0.25, -0.2) is 0 Å². The topological polar surface area (TPSA) is 53.2 Å². The summed E-state index contributed by atoms with van der Waals surface area (Å²) in [6.45, 7) is 1.96. The Morgan fingerprint density at radius 1 is 1.16 bits per heavy atom. The Bertz CT molecular complexity index is 690. The molecule has 1 N–H and O–H groups in total. The van der Waals surface area contributed by atoms with Gasteiger partial charge in [-0.2, -0.15) is 0 Å². The molecule has 0 saturated heterocycles. The van der Waals surface area contributed by atoms with Gasteiger partial charge in [0.1, 0.15) is 5.69 Å². The van der Waals surface area contributed by atoms with Crippen LogP contribution in [-0.4, -0.2) is 16.9 Å². The molecule has 1 aliphatic heterocycles. The highest BCUT2D eigenvalue weighted by Gasteiger charge is 2.31. The van der Waals surface area contributed by atoms with Crippen molar-refractivity contribution in [1.29, 1.82) is 0 Å². The molecule has 1 atom stereocenters. The lowest BCUT2D eigenvalue weighted by molar-refractivity contribution is 0.0969. The van der Waals surface area contributed by atoms with Gasteiger partial charge in [0.2, 0.25) is 0 Å². The molecule has 1 aromatic heterocycles. The number of rotatable bonds is 1. The minimum Gasteiger partial charge on any atom is -0.327 e. The summed E-state index contributed by atoms with van der Waals surface area (Å²) in [6, 6.07) is 11.0. The Kier molecular flexibility index (Phi) is 2.71. The number of carbonyl (C=O) groups is 1. The summed E-state index contributed by atoms with van der Waals surface area (Å²) < 4.78 is 0. The van der Waals surface area contributed by atoms with Crippen LogP contribution in [0, 0.1) is 0 Å². The molecule has 0 aliphatic carbocycles. The van der Waals surface area contributed by atoms with Crippen LogP contribution in [0.5, 0.6) is 0 Å². The lowest BCUT2D eigenvalue weighted by Crippen LogP contribution is -2.46. The van der Waals surface area contributed by atoms with Crippen LogP contribution in [0.4, 0.5) is 5.69 Å². The second-order valence-corrected chi connectivity index (χ2v) is 4.77. The molecule has 1 aromatic carbocycles. The monoisotopic (exact) mass is 254 g/mol. The first kappa shape index (κ1) is 11.7. The molecule has 1 aliphatic rings. The van der Waals surface area contributed by atoms with Gasteiger partial charge in [-0.15, -0.1) is 0 Å². The van der Waals surface area contributed by atoms with Gasteiger partial charge in [0.05, 0.1) is 0 Å². The zero-order valence-corrected chi connectivity index (χ0v) is 10.6. The SMILES string of the molecule is CC1Cc2ccccc2C(=O)N1c1ccc[nH]c1=O. The number of anilines is 1. The van der Waals surface area contributed by atoms with Crippen molar-refractivity contribution in [2.24, 2.45) is 0 Å². The summed E-state index contributed by atoms with van der Waals surface area (Å²) in [6.07, 6.45) is 2.33. The number of hydrogen-bond donors (Lipinski definition) is 1. The number of fused-ring (bicyclic) bond motifs is 1. The molecule has 1 unspecified atom stereocenters. The number of nitrogens with one attached hydrogen (secondary N) is 1. The third-order valence-corrected chi connectivity index (χ3v) is 3.48. The number of H-pyrrole nitrogens is 1. The average Bonchev–Trinajstić information content (AvgIpc) is 2.41. The molecule has 1 amide bonds. The number of aromatic nitrogens is 1. The van der Waals surface area contributed by atoms with E-state index in [1.807, 2.05) is 31.2 Å². The molecule has 2 heterocycles. The van der Waals surface area contributed by atoms with E-state index in [1.54, 1.807) is 23.2 Å². The van der Waals surface area contributed by atoms with E-state index in [-0.39, 0.29) is 17.5 Å². The molecule has 96 valence electrons. The number of carbonyl (C=O) groups excluding carboxylic acids is 1. The second-order valence-electron chi connectivity index (χ2n) is 4.77. The van der Waals surface area contributed by atoms with Crippen LogP contribution in [0.2, 0.25) is 0 Å². The third-order valence-electron chi connectivity index (χ3n) is 3.48. The highest BCUT2D eigenvalue weighted by molar-refractivity contribution is 6.08. The van der Waals surface area contributed by atoms with Crippen LogP contribution >= 0.6 is 0 Å². The van der Waals surface area contributed by atoms with Crippen molar-refractivity contribution >= 4 is 11.6 Å². The van der Waals surface area contributed by atoms with Crippen molar-refractivity contribution in [3.63, 3.8) is 0 Å². The van der Waals surface area contributed by atoms with Gasteiger partial charge in [0.15, 0.2) is 0 Å². The van der Waals surface area contributed by atoms with Crippen LogP contribution in [0.15, 0.2) is 47.4 Å². The van der Waals surface area contributed by atoms with Crippen LogP contribution < -0.4 is 10.5 Å². The van der Waals surface area contributed by atoms with E-state index in [0.29, 0.717) is 11.3 Å². The summed E-state index contributed by atoms with van der Waals surface area (Å²) in [5.41, 5.74) is 1.91. The van der Waals surface area contributed by atoms with Crippen LogP contribution in [-0.2, 0) is 6.42 Å². The minimum atomic E-state index is -0.234. The average molecular weight is 254 g/mol. The molecule has 0 fully saturated rings. The number of pyridine rings is 1. The van der Waals surface area contributed by atoms with Crippen molar-refractivity contribution in [1.82, 2.24) is 4.98 Å². The Morgan fingerprint density at radius 2 is 1.95 bits per heavy atom. The summed E-state index contributed by atoms with van der Waals surface area (Å²) in [5.74, 6) is -0.106. The largest absolute Gasteiger partial charge is 0.327 e. The fourth-order valence-electron chi connectivity index (χ4n) is 2.60. The van der Waals surface area contributed by atoms with Crippen LogP contribution in [0.1, 0.15) is 22.8 Å². The molecular formula is C15H14N2O2. The maximum absolute atomic E-state index is 12.6. The molecule has 0 saturated carbocycles. The smallest absolute Gasteiger partial charge is 0.271 e. The molecule has 0 spiro atoms. The Labute approximate surface area is 110 Å². The fourth-order valence-corrected chi connectivity index (χ4v) is 2.60. The first-order chi connectivity index (χ1) is 9.18. The third kappa shape index (κ3) is 1.85. The van der Waals surface area contributed by atoms with Crippen molar-refractivity contribution in [3.8, 4) is 0 Å². The van der Waals surface area contributed by atoms with E-state index in [4.69, 9.17) is 0 Å². The minimum absolute atomic E-state index is 0.0223. The van der Waals surface area contributed by atoms with E-state index in [2.05, 4.69) is 4.98 Å². The first-order valence-electron chi connectivity index (χ1n) is 6.27. The zero-order chi connectivity index (χ0) is 13.4. The normalized spacial score (nSPS) is 18.3. The van der Waals surface area contributed by atoms with Gasteiger partial charge < -0.3 is 9.88 Å². The van der Waals surface area contributed by atoms with Gasteiger partial charge in [0, 0.05) is 17.8 Å². The number of benzene rings is 1. The Hall–Kier alpha value is -2.36. The molecule has 2 aromatic rings. The molecule has 19 heavy (non-hydrogen) atoms. The molecule has 3 rings (SSSR count). The van der Waals surface area contributed by atoms with Gasteiger partial charge in [-0.05, 0) is 37.1 Å². The van der Waals surface area contributed by atoms with E-state index < -0.39 is 0 Å². The predicted molar refractivity (Wildman–Crippen MR) is 73.5 cm³/mol. The van der Waals surface area contributed by atoms with Crippen LogP contribution in [0.3, 0.4) is 0 Å². The van der Waals surface area contributed by atoms with Crippen molar-refractivity contribution in [3.05, 3.63) is 64.1 Å². The Morgan fingerprint density at radius 3 is 2.74 bits per heavy atom. The Balaban J connectivity index is 2.12. The van der Waals surface area contributed by atoms with E-state index >= 15 is 0 Å². The first-order valence-corrected chi connectivity index (χ1v) is 6.27. The highest BCUT2D eigenvalue weighted by Crippen LogP contribution is 2.26. The molecule has 0 radical (unpaired) electrons. The van der Waals surface area contributed by atoms with Gasteiger partial charge in [-0.3, -0.25) is 9.59 Å². The van der Waals surface area contributed by atoms with Crippen molar-refractivity contribution in [2.45, 2.75) is 19.4 Å². The predicted octanol–water partition coefficient (Wildman–Crippen LogP) is 1.97. The number of amides is 1. The quantitative estimate of drug-likeness (QED) is 0.845. The number of hydrogen-bond acceptors (Lipinski definition) is 2. The van der Waals surface area contributed by atoms with E-state index in [0.717, 1.165) is 12.0 Å². The van der Waals surface area contributed by atoms with Crippen LogP contribution in [0.25, 0.3) is 0 Å². The molecular weight excluding hydrogens is 240 g/mol. The summed E-state index contributed by atoms with van der Waals surface area (Å²) in [7, 11) is 0. The molecule has 4 heteroatoms. The van der Waals surface area contributed by atoms with E-state index in [1.165, 1.54) is 0 Å². The van der Waals surface area contributed by atoms with Gasteiger partial charge in [0.25, 0.3) is 11.5 Å². The highest BCUT2D eigenvalue weighted by atomic mass is 16.2. The maximum atomic E-state index is 12.6. The maximum Gasteiger partial charge on any atom is 0.271 e. The van der Waals surface area contributed by atoms with Gasteiger partial charge >= 0.3 is 0 Å². The zero-order valence-electron chi connectivity index (χ0n) is 10.6. The molecule has 4 nitrogen and oxygen atoms in total. The molecule has 0 bridgehead atoms. The van der Waals surface area contributed by atoms with Crippen molar-refractivity contribution < 1.29 is 4.79 Å². The summed E-state index contributed by atoms with van der Waals surface area (Å²) >= 11 is 0. The summed E-state index contributed by atoms with van der Waals surface area (Å²) in [4.78, 5) is 28.6. The lowest BCUT2D eigenvalue weighted by Gasteiger charge is -2.33.